The summed E-state index contributed by atoms with van der Waals surface area (Å²) < 4.78 is 0. The topological polar surface area (TPSA) is 45.2 Å². The molecule has 1 aromatic heterocycles. The van der Waals surface area contributed by atoms with E-state index in [4.69, 9.17) is 0 Å². The van der Waals surface area contributed by atoms with Gasteiger partial charge in [-0.05, 0) is 31.0 Å². The van der Waals surface area contributed by atoms with Crippen LogP contribution in [0.1, 0.15) is 20.3 Å². The van der Waals surface area contributed by atoms with Gasteiger partial charge in [0.15, 0.2) is 0 Å². The fourth-order valence-corrected chi connectivity index (χ4v) is 3.38. The predicted octanol–water partition coefficient (Wildman–Crippen LogP) is 1.43. The first-order chi connectivity index (χ1) is 8.62. The summed E-state index contributed by atoms with van der Waals surface area (Å²) >= 11 is 0. The zero-order chi connectivity index (χ0) is 12.8. The number of carbonyl (C=O) groups excluding carboxylic acids is 1. The highest BCUT2D eigenvalue weighted by atomic mass is 16.2. The van der Waals surface area contributed by atoms with E-state index < -0.39 is 0 Å². The molecule has 96 valence electrons. The maximum atomic E-state index is 12.7. The molecule has 2 aliphatic rings. The lowest BCUT2D eigenvalue weighted by molar-refractivity contribution is -0.125. The SMILES string of the molecule is CC1(C)C(=O)N(c2cccnc2)C2CNCCC21. The van der Waals surface area contributed by atoms with E-state index in [0.29, 0.717) is 5.92 Å². The number of nitrogens with zero attached hydrogens (tertiary/aromatic N) is 2. The van der Waals surface area contributed by atoms with Gasteiger partial charge in [-0.25, -0.2) is 0 Å². The normalized spacial score (nSPS) is 30.3. The number of carbonyl (C=O) groups is 1. The molecule has 1 amide bonds. The van der Waals surface area contributed by atoms with Gasteiger partial charge in [0.25, 0.3) is 0 Å². The molecule has 3 heterocycles. The number of pyridine rings is 1. The molecule has 2 aliphatic heterocycles. The third-order valence-electron chi connectivity index (χ3n) is 4.40. The number of nitrogens with one attached hydrogen (secondary N) is 1. The molecule has 0 aliphatic carbocycles. The molecule has 2 unspecified atom stereocenters. The minimum Gasteiger partial charge on any atom is -0.315 e. The van der Waals surface area contributed by atoms with Crippen molar-refractivity contribution >= 4 is 11.6 Å². The van der Waals surface area contributed by atoms with Crippen molar-refractivity contribution in [3.05, 3.63) is 24.5 Å². The number of rotatable bonds is 1. The van der Waals surface area contributed by atoms with Gasteiger partial charge in [-0.15, -0.1) is 0 Å². The molecule has 0 radical (unpaired) electrons. The lowest BCUT2D eigenvalue weighted by atomic mass is 9.75. The van der Waals surface area contributed by atoms with Gasteiger partial charge in [0.05, 0.1) is 17.9 Å². The van der Waals surface area contributed by atoms with Crippen molar-refractivity contribution in [3.8, 4) is 0 Å². The minimum absolute atomic E-state index is 0.231. The van der Waals surface area contributed by atoms with E-state index in [2.05, 4.69) is 24.1 Å². The lowest BCUT2D eigenvalue weighted by Gasteiger charge is -2.33. The molecule has 1 N–H and O–H groups in total. The summed E-state index contributed by atoms with van der Waals surface area (Å²) in [7, 11) is 0. The fraction of sp³-hybridized carbons (Fsp3) is 0.571. The van der Waals surface area contributed by atoms with E-state index in [0.717, 1.165) is 25.2 Å². The number of anilines is 1. The van der Waals surface area contributed by atoms with Crippen LogP contribution < -0.4 is 10.2 Å². The zero-order valence-corrected chi connectivity index (χ0v) is 10.9. The number of amides is 1. The van der Waals surface area contributed by atoms with Gasteiger partial charge in [-0.1, -0.05) is 13.8 Å². The van der Waals surface area contributed by atoms with Crippen LogP contribution in [-0.2, 0) is 4.79 Å². The molecule has 2 fully saturated rings. The Morgan fingerprint density at radius 3 is 3.06 bits per heavy atom. The maximum Gasteiger partial charge on any atom is 0.233 e. The predicted molar refractivity (Wildman–Crippen MR) is 70.3 cm³/mol. The molecule has 4 heteroatoms. The number of hydrogen-bond acceptors (Lipinski definition) is 3. The summed E-state index contributed by atoms with van der Waals surface area (Å²) in [6.07, 6.45) is 4.59. The monoisotopic (exact) mass is 245 g/mol. The first-order valence-electron chi connectivity index (χ1n) is 6.57. The first kappa shape index (κ1) is 11.7. The largest absolute Gasteiger partial charge is 0.315 e. The van der Waals surface area contributed by atoms with Gasteiger partial charge in [0.1, 0.15) is 0 Å². The van der Waals surface area contributed by atoms with Gasteiger partial charge < -0.3 is 10.2 Å². The lowest BCUT2D eigenvalue weighted by Crippen LogP contribution is -2.47. The highest BCUT2D eigenvalue weighted by Gasteiger charge is 2.54. The van der Waals surface area contributed by atoms with Crippen LogP contribution in [-0.4, -0.2) is 30.0 Å². The Morgan fingerprint density at radius 2 is 2.33 bits per heavy atom. The highest BCUT2D eigenvalue weighted by molar-refractivity contribution is 6.00. The smallest absolute Gasteiger partial charge is 0.233 e. The Kier molecular flexibility index (Phi) is 2.63. The summed E-state index contributed by atoms with van der Waals surface area (Å²) in [5.74, 6) is 0.667. The van der Waals surface area contributed by atoms with Gasteiger partial charge in [-0.3, -0.25) is 9.78 Å². The first-order valence-corrected chi connectivity index (χ1v) is 6.57. The van der Waals surface area contributed by atoms with Crippen molar-refractivity contribution in [2.24, 2.45) is 11.3 Å². The molecule has 18 heavy (non-hydrogen) atoms. The number of aromatic nitrogens is 1. The molecule has 2 saturated heterocycles. The second-order valence-corrected chi connectivity index (χ2v) is 5.77. The molecule has 4 nitrogen and oxygen atoms in total. The van der Waals surface area contributed by atoms with Crippen molar-refractivity contribution in [1.29, 1.82) is 0 Å². The van der Waals surface area contributed by atoms with Crippen LogP contribution in [0.4, 0.5) is 5.69 Å². The van der Waals surface area contributed by atoms with Crippen LogP contribution in [0.2, 0.25) is 0 Å². The highest BCUT2D eigenvalue weighted by Crippen LogP contribution is 2.45. The number of fused-ring (bicyclic) bond motifs is 1. The molecule has 0 spiro atoms. The van der Waals surface area contributed by atoms with Crippen molar-refractivity contribution in [3.63, 3.8) is 0 Å². The number of hydrogen-bond donors (Lipinski definition) is 1. The van der Waals surface area contributed by atoms with E-state index in [1.807, 2.05) is 17.0 Å². The quantitative estimate of drug-likeness (QED) is 0.814. The van der Waals surface area contributed by atoms with Crippen LogP contribution in [0.5, 0.6) is 0 Å². The average molecular weight is 245 g/mol. The molecular formula is C14H19N3O. The molecule has 2 atom stereocenters. The summed E-state index contributed by atoms with van der Waals surface area (Å²) in [5.41, 5.74) is 0.662. The fourth-order valence-electron chi connectivity index (χ4n) is 3.38. The Balaban J connectivity index is 2.02. The molecule has 0 bridgehead atoms. The van der Waals surface area contributed by atoms with Gasteiger partial charge in [0, 0.05) is 18.2 Å². The average Bonchev–Trinajstić information content (AvgIpc) is 2.60. The molecule has 0 saturated carbocycles. The van der Waals surface area contributed by atoms with Crippen LogP contribution >= 0.6 is 0 Å². The van der Waals surface area contributed by atoms with Crippen molar-refractivity contribution in [1.82, 2.24) is 10.3 Å². The zero-order valence-electron chi connectivity index (χ0n) is 10.9. The summed E-state index contributed by atoms with van der Waals surface area (Å²) in [6.45, 7) is 6.05. The third-order valence-corrected chi connectivity index (χ3v) is 4.40. The summed E-state index contributed by atoms with van der Waals surface area (Å²) in [5, 5.41) is 3.40. The van der Waals surface area contributed by atoms with E-state index in [1.54, 1.807) is 12.4 Å². The van der Waals surface area contributed by atoms with E-state index >= 15 is 0 Å². The van der Waals surface area contributed by atoms with Crippen LogP contribution in [0.3, 0.4) is 0 Å². The maximum absolute atomic E-state index is 12.7. The van der Waals surface area contributed by atoms with Gasteiger partial charge in [-0.2, -0.15) is 0 Å². The second kappa shape index (κ2) is 4.05. The molecular weight excluding hydrogens is 226 g/mol. The van der Waals surface area contributed by atoms with Crippen molar-refractivity contribution in [2.75, 3.05) is 18.0 Å². The Labute approximate surface area is 107 Å². The van der Waals surface area contributed by atoms with Crippen LogP contribution in [0.15, 0.2) is 24.5 Å². The molecule has 0 aromatic carbocycles. The van der Waals surface area contributed by atoms with Crippen LogP contribution in [0, 0.1) is 11.3 Å². The third kappa shape index (κ3) is 1.56. The Morgan fingerprint density at radius 1 is 1.50 bits per heavy atom. The standard InChI is InChI=1S/C14H19N3O/c1-14(2)11-5-7-16-9-12(11)17(13(14)18)10-4-3-6-15-8-10/h3-4,6,8,11-12,16H,5,7,9H2,1-2H3. The number of piperidine rings is 1. The molecule has 3 rings (SSSR count). The van der Waals surface area contributed by atoms with Gasteiger partial charge in [0.2, 0.25) is 5.91 Å². The van der Waals surface area contributed by atoms with Crippen molar-refractivity contribution in [2.45, 2.75) is 26.3 Å². The van der Waals surface area contributed by atoms with E-state index in [-0.39, 0.29) is 17.4 Å². The molecule has 1 aromatic rings. The van der Waals surface area contributed by atoms with Gasteiger partial charge >= 0.3 is 0 Å². The van der Waals surface area contributed by atoms with Crippen LogP contribution in [0.25, 0.3) is 0 Å². The van der Waals surface area contributed by atoms with E-state index in [9.17, 15) is 4.79 Å². The van der Waals surface area contributed by atoms with E-state index in [1.165, 1.54) is 0 Å². The summed E-state index contributed by atoms with van der Waals surface area (Å²) in [6, 6.07) is 4.13. The Bertz CT molecular complexity index is 457. The second-order valence-electron chi connectivity index (χ2n) is 5.77. The van der Waals surface area contributed by atoms with Crippen molar-refractivity contribution < 1.29 is 4.79 Å². The Hall–Kier alpha value is -1.42. The summed E-state index contributed by atoms with van der Waals surface area (Å²) in [4.78, 5) is 18.7. The minimum atomic E-state index is -0.261.